The molecule has 21 heavy (non-hydrogen) atoms. The normalized spacial score (nSPS) is 11.7. The molecule has 0 aliphatic rings. The second kappa shape index (κ2) is 6.64. The maximum atomic E-state index is 14.0. The fourth-order valence-corrected chi connectivity index (χ4v) is 2.77. The third-order valence-corrected chi connectivity index (χ3v) is 4.50. The summed E-state index contributed by atoms with van der Waals surface area (Å²) in [4.78, 5) is 0. The Bertz CT molecular complexity index is 627. The van der Waals surface area contributed by atoms with E-state index < -0.39 is 30.3 Å². The van der Waals surface area contributed by atoms with Gasteiger partial charge in [-0.25, -0.2) is 8.78 Å². The van der Waals surface area contributed by atoms with Crippen molar-refractivity contribution in [3.63, 3.8) is 0 Å². The van der Waals surface area contributed by atoms with Crippen molar-refractivity contribution in [2.24, 2.45) is 0 Å². The van der Waals surface area contributed by atoms with Crippen LogP contribution in [0.25, 0.3) is 0 Å². The molecular weight excluding hydrogens is 342 g/mol. The van der Waals surface area contributed by atoms with Crippen molar-refractivity contribution in [1.29, 1.82) is 0 Å². The zero-order valence-electron chi connectivity index (χ0n) is 11.2. The van der Waals surface area contributed by atoms with E-state index in [1.165, 1.54) is 30.3 Å². The molecule has 2 aromatic rings. The van der Waals surface area contributed by atoms with Crippen LogP contribution in [0.3, 0.4) is 0 Å². The molecule has 2 rings (SSSR count). The molecule has 0 amide bonds. The largest absolute Gasteiger partial charge is 0.395 e. The summed E-state index contributed by atoms with van der Waals surface area (Å²) in [5.41, 5.74) is -0.436. The predicted octanol–water partition coefficient (Wildman–Crippen LogP) is 3.19. The van der Waals surface area contributed by atoms with Crippen LogP contribution < -0.4 is 0 Å². The first kappa shape index (κ1) is 16.1. The lowest BCUT2D eigenvalue weighted by Gasteiger charge is -2.31. The Labute approximate surface area is 130 Å². The molecule has 0 saturated carbocycles. The van der Waals surface area contributed by atoms with Crippen LogP contribution in [0.15, 0.2) is 46.9 Å². The molecule has 2 nitrogen and oxygen atoms in total. The van der Waals surface area contributed by atoms with Gasteiger partial charge in [0.25, 0.3) is 0 Å². The van der Waals surface area contributed by atoms with Crippen LogP contribution in [0.2, 0.25) is 0 Å². The van der Waals surface area contributed by atoms with Crippen LogP contribution in [0.5, 0.6) is 0 Å². The molecule has 0 saturated heterocycles. The van der Waals surface area contributed by atoms with Gasteiger partial charge in [0.1, 0.15) is 11.6 Å². The molecule has 0 bridgehead atoms. The number of aliphatic hydroxyl groups is 2. The van der Waals surface area contributed by atoms with Crippen molar-refractivity contribution < 1.29 is 19.0 Å². The number of benzene rings is 2. The Morgan fingerprint density at radius 3 is 2.14 bits per heavy atom. The van der Waals surface area contributed by atoms with Gasteiger partial charge in [0.2, 0.25) is 0 Å². The molecule has 0 fully saturated rings. The van der Waals surface area contributed by atoms with E-state index in [9.17, 15) is 19.0 Å². The average Bonchev–Trinajstić information content (AvgIpc) is 2.50. The van der Waals surface area contributed by atoms with Gasteiger partial charge in [-0.05, 0) is 45.6 Å². The maximum absolute atomic E-state index is 14.0. The third kappa shape index (κ3) is 3.15. The first-order valence-corrected chi connectivity index (χ1v) is 7.23. The number of hydrogen-bond donors (Lipinski definition) is 2. The second-order valence-corrected chi connectivity index (χ2v) is 5.76. The van der Waals surface area contributed by atoms with Crippen molar-refractivity contribution in [3.8, 4) is 0 Å². The van der Waals surface area contributed by atoms with Gasteiger partial charge in [0.05, 0.1) is 17.7 Å². The van der Waals surface area contributed by atoms with Crippen LogP contribution in [0, 0.1) is 11.6 Å². The molecule has 0 aromatic heterocycles. The van der Waals surface area contributed by atoms with Gasteiger partial charge in [-0.2, -0.15) is 0 Å². The van der Waals surface area contributed by atoms with Gasteiger partial charge in [0.15, 0.2) is 0 Å². The average molecular weight is 357 g/mol. The first-order chi connectivity index (χ1) is 10.0. The van der Waals surface area contributed by atoms with Gasteiger partial charge in [-0.15, -0.1) is 0 Å². The number of hydrogen-bond acceptors (Lipinski definition) is 2. The van der Waals surface area contributed by atoms with E-state index >= 15 is 0 Å². The van der Waals surface area contributed by atoms with E-state index in [1.807, 2.05) is 0 Å². The molecule has 0 spiro atoms. The van der Waals surface area contributed by atoms with Crippen LogP contribution in [-0.4, -0.2) is 23.4 Å². The van der Waals surface area contributed by atoms with Gasteiger partial charge >= 0.3 is 0 Å². The quantitative estimate of drug-likeness (QED) is 0.863. The SMILES string of the molecule is OCC(CO)(Cc1cccc(F)c1Br)c1ccccc1F. The fourth-order valence-electron chi connectivity index (χ4n) is 2.37. The van der Waals surface area contributed by atoms with E-state index in [4.69, 9.17) is 0 Å². The summed E-state index contributed by atoms with van der Waals surface area (Å²) < 4.78 is 27.9. The molecule has 0 heterocycles. The Balaban J connectivity index is 2.49. The summed E-state index contributed by atoms with van der Waals surface area (Å²) >= 11 is 3.15. The van der Waals surface area contributed by atoms with E-state index in [-0.39, 0.29) is 16.5 Å². The van der Waals surface area contributed by atoms with Crippen molar-refractivity contribution in [2.45, 2.75) is 11.8 Å². The lowest BCUT2D eigenvalue weighted by atomic mass is 9.76. The highest BCUT2D eigenvalue weighted by molar-refractivity contribution is 9.10. The summed E-state index contributed by atoms with van der Waals surface area (Å²) in [7, 11) is 0. The predicted molar refractivity (Wildman–Crippen MR) is 80.1 cm³/mol. The molecule has 0 aliphatic heterocycles. The van der Waals surface area contributed by atoms with Gasteiger partial charge in [0, 0.05) is 5.41 Å². The van der Waals surface area contributed by atoms with Gasteiger partial charge < -0.3 is 10.2 Å². The Morgan fingerprint density at radius 1 is 0.905 bits per heavy atom. The Kier molecular flexibility index (Phi) is 5.08. The minimum absolute atomic E-state index is 0.110. The van der Waals surface area contributed by atoms with Crippen LogP contribution >= 0.6 is 15.9 Å². The number of aliphatic hydroxyl groups excluding tert-OH is 2. The Morgan fingerprint density at radius 2 is 1.52 bits per heavy atom. The third-order valence-electron chi connectivity index (χ3n) is 3.61. The monoisotopic (exact) mass is 356 g/mol. The van der Waals surface area contributed by atoms with E-state index in [1.54, 1.807) is 12.1 Å². The van der Waals surface area contributed by atoms with E-state index in [0.29, 0.717) is 5.56 Å². The summed E-state index contributed by atoms with van der Waals surface area (Å²) in [6.45, 7) is -0.902. The summed E-state index contributed by atoms with van der Waals surface area (Å²) in [6, 6.07) is 10.5. The standard InChI is InChI=1S/C16H15BrF2O2/c17-15-11(4-3-7-14(15)19)8-16(9-20,10-21)12-5-1-2-6-13(12)18/h1-7,20-21H,8-10H2. The fraction of sp³-hybridized carbons (Fsp3) is 0.250. The highest BCUT2D eigenvalue weighted by Crippen LogP contribution is 2.33. The van der Waals surface area contributed by atoms with Crippen LogP contribution in [0.1, 0.15) is 11.1 Å². The number of rotatable bonds is 5. The zero-order chi connectivity index (χ0) is 15.5. The maximum Gasteiger partial charge on any atom is 0.137 e. The molecule has 2 aromatic carbocycles. The first-order valence-electron chi connectivity index (χ1n) is 6.43. The highest BCUT2D eigenvalue weighted by atomic mass is 79.9. The van der Waals surface area contributed by atoms with Crippen molar-refractivity contribution in [2.75, 3.05) is 13.2 Å². The van der Waals surface area contributed by atoms with Crippen molar-refractivity contribution >= 4 is 15.9 Å². The summed E-state index contributed by atoms with van der Waals surface area (Å²) in [5.74, 6) is -0.945. The molecule has 0 atom stereocenters. The van der Waals surface area contributed by atoms with E-state index in [2.05, 4.69) is 15.9 Å². The van der Waals surface area contributed by atoms with Crippen LogP contribution in [-0.2, 0) is 11.8 Å². The second-order valence-electron chi connectivity index (χ2n) is 4.97. The van der Waals surface area contributed by atoms with Crippen LogP contribution in [0.4, 0.5) is 8.78 Å². The molecule has 2 N–H and O–H groups in total. The lowest BCUT2D eigenvalue weighted by Crippen LogP contribution is -2.38. The van der Waals surface area contributed by atoms with Gasteiger partial charge in [-0.3, -0.25) is 0 Å². The molecule has 112 valence electrons. The molecule has 0 radical (unpaired) electrons. The Hall–Kier alpha value is -1.30. The van der Waals surface area contributed by atoms with Gasteiger partial charge in [-0.1, -0.05) is 30.3 Å². The minimum atomic E-state index is -1.21. The summed E-state index contributed by atoms with van der Waals surface area (Å²) in [6.07, 6.45) is 0.110. The summed E-state index contributed by atoms with van der Waals surface area (Å²) in [5, 5.41) is 19.5. The zero-order valence-corrected chi connectivity index (χ0v) is 12.8. The lowest BCUT2D eigenvalue weighted by molar-refractivity contribution is 0.113. The number of halogens is 3. The molecule has 0 aliphatic carbocycles. The highest BCUT2D eigenvalue weighted by Gasteiger charge is 2.34. The van der Waals surface area contributed by atoms with E-state index in [0.717, 1.165) is 0 Å². The molecular formula is C16H15BrF2O2. The van der Waals surface area contributed by atoms with Crippen molar-refractivity contribution in [3.05, 3.63) is 69.7 Å². The molecule has 5 heteroatoms. The molecule has 0 unspecified atom stereocenters. The minimum Gasteiger partial charge on any atom is -0.395 e. The topological polar surface area (TPSA) is 40.5 Å². The smallest absolute Gasteiger partial charge is 0.137 e. The van der Waals surface area contributed by atoms with Crippen molar-refractivity contribution in [1.82, 2.24) is 0 Å².